The average molecular weight is 281 g/mol. The fraction of sp³-hybridized carbons (Fsp3) is 0.500. The van der Waals surface area contributed by atoms with Gasteiger partial charge in [-0.15, -0.1) is 0 Å². The lowest BCUT2D eigenvalue weighted by Gasteiger charge is -2.26. The normalized spacial score (nSPS) is 29.1. The van der Waals surface area contributed by atoms with Crippen molar-refractivity contribution in [3.63, 3.8) is 0 Å². The predicted molar refractivity (Wildman–Crippen MR) is 85.4 cm³/mol. The summed E-state index contributed by atoms with van der Waals surface area (Å²) in [5.41, 5.74) is 5.39. The fourth-order valence-corrected chi connectivity index (χ4v) is 4.58. The zero-order valence-corrected chi connectivity index (χ0v) is 12.3. The molecule has 4 rings (SSSR count). The molecule has 1 heterocycles. The molecular weight excluding hydrogens is 258 g/mol. The van der Waals surface area contributed by atoms with Gasteiger partial charge in [-0.3, -0.25) is 16.3 Å². The van der Waals surface area contributed by atoms with Crippen LogP contribution in [0.2, 0.25) is 0 Å². The molecule has 2 aliphatic carbocycles. The van der Waals surface area contributed by atoms with Crippen molar-refractivity contribution in [1.29, 1.82) is 0 Å². The first-order valence-electron chi connectivity index (χ1n) is 8.14. The molecule has 2 aliphatic rings. The van der Waals surface area contributed by atoms with Gasteiger partial charge in [-0.1, -0.05) is 18.6 Å². The molecule has 3 heteroatoms. The van der Waals surface area contributed by atoms with Crippen LogP contribution in [0.15, 0.2) is 36.5 Å². The molecule has 0 aliphatic heterocycles. The Morgan fingerprint density at radius 1 is 1.24 bits per heavy atom. The van der Waals surface area contributed by atoms with E-state index < -0.39 is 0 Å². The molecule has 2 aromatic rings. The third-order valence-electron chi connectivity index (χ3n) is 5.65. The Morgan fingerprint density at radius 2 is 2.19 bits per heavy atom. The monoisotopic (exact) mass is 281 g/mol. The molecule has 0 saturated heterocycles. The van der Waals surface area contributed by atoms with Crippen LogP contribution < -0.4 is 11.3 Å². The van der Waals surface area contributed by atoms with Gasteiger partial charge in [-0.25, -0.2) is 0 Å². The summed E-state index contributed by atoms with van der Waals surface area (Å²) < 4.78 is 0. The summed E-state index contributed by atoms with van der Waals surface area (Å²) in [5.74, 6) is 8.67. The van der Waals surface area contributed by atoms with Gasteiger partial charge in [0.2, 0.25) is 0 Å². The Labute approximate surface area is 125 Å². The Kier molecular flexibility index (Phi) is 3.40. The average Bonchev–Trinajstić information content (AvgIpc) is 3.15. The summed E-state index contributed by atoms with van der Waals surface area (Å²) >= 11 is 0. The van der Waals surface area contributed by atoms with E-state index >= 15 is 0 Å². The number of hydrogen-bond donors (Lipinski definition) is 2. The molecule has 0 amide bonds. The van der Waals surface area contributed by atoms with Crippen LogP contribution >= 0.6 is 0 Å². The number of benzene rings is 1. The molecule has 3 nitrogen and oxygen atoms in total. The lowest BCUT2D eigenvalue weighted by atomic mass is 9.83. The number of nitrogens with two attached hydrogens (primary N) is 1. The number of pyridine rings is 1. The highest BCUT2D eigenvalue weighted by Crippen LogP contribution is 2.50. The Balaban J connectivity index is 1.56. The lowest BCUT2D eigenvalue weighted by molar-refractivity contribution is 0.280. The highest BCUT2D eigenvalue weighted by atomic mass is 15.2. The van der Waals surface area contributed by atoms with Crippen molar-refractivity contribution in [1.82, 2.24) is 10.4 Å². The largest absolute Gasteiger partial charge is 0.271 e. The summed E-state index contributed by atoms with van der Waals surface area (Å²) in [4.78, 5) is 4.39. The highest BCUT2D eigenvalue weighted by molar-refractivity contribution is 5.79. The lowest BCUT2D eigenvalue weighted by Crippen LogP contribution is -2.30. The summed E-state index contributed by atoms with van der Waals surface area (Å²) in [6.45, 7) is 0. The predicted octanol–water partition coefficient (Wildman–Crippen LogP) is 3.57. The number of aromatic nitrogens is 1. The quantitative estimate of drug-likeness (QED) is 0.665. The van der Waals surface area contributed by atoms with Gasteiger partial charge in [-0.2, -0.15) is 0 Å². The molecule has 110 valence electrons. The van der Waals surface area contributed by atoms with Crippen LogP contribution in [0, 0.1) is 17.8 Å². The molecule has 1 aromatic carbocycles. The number of hydrogen-bond acceptors (Lipinski definition) is 3. The van der Waals surface area contributed by atoms with E-state index in [9.17, 15) is 0 Å². The fourth-order valence-electron chi connectivity index (χ4n) is 4.58. The zero-order chi connectivity index (χ0) is 14.2. The number of nitrogens with one attached hydrogen (secondary N) is 1. The van der Waals surface area contributed by atoms with Crippen molar-refractivity contribution >= 4 is 10.9 Å². The highest BCUT2D eigenvalue weighted by Gasteiger charge is 2.40. The number of nitrogens with zero attached hydrogens (tertiary/aromatic N) is 1. The molecule has 1 aromatic heterocycles. The van der Waals surface area contributed by atoms with Crippen molar-refractivity contribution in [3.05, 3.63) is 42.1 Å². The molecule has 4 unspecified atom stereocenters. The van der Waals surface area contributed by atoms with Gasteiger partial charge in [-0.05, 0) is 67.2 Å². The van der Waals surface area contributed by atoms with Crippen LogP contribution in [0.4, 0.5) is 0 Å². The van der Waals surface area contributed by atoms with E-state index in [1.807, 2.05) is 12.3 Å². The van der Waals surface area contributed by atoms with E-state index in [-0.39, 0.29) is 6.04 Å². The van der Waals surface area contributed by atoms with Crippen LogP contribution in [0.1, 0.15) is 43.7 Å². The van der Waals surface area contributed by atoms with E-state index in [4.69, 9.17) is 5.84 Å². The third kappa shape index (κ3) is 2.45. The van der Waals surface area contributed by atoms with Crippen molar-refractivity contribution in [2.75, 3.05) is 0 Å². The molecule has 0 radical (unpaired) electrons. The first kappa shape index (κ1) is 13.2. The van der Waals surface area contributed by atoms with Gasteiger partial charge in [0.25, 0.3) is 0 Å². The number of fused-ring (bicyclic) bond motifs is 3. The summed E-state index contributed by atoms with van der Waals surface area (Å²) in [6.07, 6.45) is 8.79. The van der Waals surface area contributed by atoms with Gasteiger partial charge in [0, 0.05) is 17.6 Å². The molecule has 0 spiro atoms. The Hall–Kier alpha value is -1.45. The Morgan fingerprint density at radius 3 is 2.95 bits per heavy atom. The van der Waals surface area contributed by atoms with E-state index in [0.717, 1.165) is 23.3 Å². The van der Waals surface area contributed by atoms with Crippen molar-refractivity contribution in [3.8, 4) is 0 Å². The van der Waals surface area contributed by atoms with E-state index in [0.29, 0.717) is 0 Å². The molecule has 2 saturated carbocycles. The maximum atomic E-state index is 5.86. The first-order valence-corrected chi connectivity index (χ1v) is 8.14. The Bertz CT molecular complexity index is 639. The molecular formula is C18H23N3. The topological polar surface area (TPSA) is 50.9 Å². The second kappa shape index (κ2) is 5.39. The summed E-state index contributed by atoms with van der Waals surface area (Å²) in [7, 11) is 0. The van der Waals surface area contributed by atoms with Crippen molar-refractivity contribution < 1.29 is 0 Å². The molecule has 2 fully saturated rings. The standard InChI is InChI=1S/C18H23N3/c19-21-18(11-16-9-12-3-4-13(16)8-12)15-5-6-17-14(10-15)2-1-7-20-17/h1-2,5-7,10,12-13,16,18,21H,3-4,8-9,11,19H2. The number of rotatable bonds is 4. The molecule has 2 bridgehead atoms. The van der Waals surface area contributed by atoms with Crippen molar-refractivity contribution in [2.24, 2.45) is 23.6 Å². The van der Waals surface area contributed by atoms with Gasteiger partial charge in [0.1, 0.15) is 0 Å². The smallest absolute Gasteiger partial charge is 0.0702 e. The van der Waals surface area contributed by atoms with Gasteiger partial charge >= 0.3 is 0 Å². The van der Waals surface area contributed by atoms with Gasteiger partial charge in [0.05, 0.1) is 5.52 Å². The minimum atomic E-state index is 0.263. The molecule has 21 heavy (non-hydrogen) atoms. The number of hydrazine groups is 1. The van der Waals surface area contributed by atoms with Crippen LogP contribution in [-0.4, -0.2) is 4.98 Å². The zero-order valence-electron chi connectivity index (χ0n) is 12.3. The third-order valence-corrected chi connectivity index (χ3v) is 5.65. The van der Waals surface area contributed by atoms with Crippen LogP contribution in [-0.2, 0) is 0 Å². The van der Waals surface area contributed by atoms with Crippen molar-refractivity contribution in [2.45, 2.75) is 38.1 Å². The minimum absolute atomic E-state index is 0.263. The molecule has 4 atom stereocenters. The second-order valence-corrected chi connectivity index (χ2v) is 6.85. The molecule has 3 N–H and O–H groups in total. The van der Waals surface area contributed by atoms with Gasteiger partial charge < -0.3 is 0 Å². The summed E-state index contributed by atoms with van der Waals surface area (Å²) in [6, 6.07) is 10.9. The first-order chi connectivity index (χ1) is 10.3. The maximum Gasteiger partial charge on any atom is 0.0702 e. The van der Waals surface area contributed by atoms with Crippen LogP contribution in [0.25, 0.3) is 10.9 Å². The van der Waals surface area contributed by atoms with E-state index in [1.54, 1.807) is 0 Å². The maximum absolute atomic E-state index is 5.86. The van der Waals surface area contributed by atoms with Crippen LogP contribution in [0.3, 0.4) is 0 Å². The van der Waals surface area contributed by atoms with Crippen LogP contribution in [0.5, 0.6) is 0 Å². The van der Waals surface area contributed by atoms with E-state index in [1.165, 1.54) is 43.1 Å². The SMILES string of the molecule is NNC(CC1CC2CCC1C2)c1ccc2ncccc2c1. The van der Waals surface area contributed by atoms with E-state index in [2.05, 4.69) is 34.7 Å². The summed E-state index contributed by atoms with van der Waals surface area (Å²) in [5, 5.41) is 1.20. The second-order valence-electron chi connectivity index (χ2n) is 6.85. The van der Waals surface area contributed by atoms with Gasteiger partial charge in [0.15, 0.2) is 0 Å². The minimum Gasteiger partial charge on any atom is -0.271 e.